The number of nitrogens with one attached hydrogen (secondary N) is 1. The van der Waals surface area contributed by atoms with Gasteiger partial charge in [-0.15, -0.1) is 22.7 Å². The zero-order chi connectivity index (χ0) is 28.7. The average Bonchev–Trinajstić information content (AvgIpc) is 3.69. The quantitative estimate of drug-likeness (QED) is 0.281. The van der Waals surface area contributed by atoms with Crippen molar-refractivity contribution < 1.29 is 22.7 Å². The topological polar surface area (TPSA) is 109 Å². The summed E-state index contributed by atoms with van der Waals surface area (Å²) in [7, 11) is -3.90. The number of thiophene rings is 1. The fourth-order valence-corrected chi connectivity index (χ4v) is 9.45. The number of ether oxygens (including phenoxy) is 1. The fourth-order valence-electron chi connectivity index (χ4n) is 5.29. The van der Waals surface area contributed by atoms with Crippen LogP contribution in [0.2, 0.25) is 5.02 Å². The second-order valence-corrected chi connectivity index (χ2v) is 14.2. The Morgan fingerprint density at radius 2 is 1.90 bits per heavy atom. The molecule has 2 aromatic heterocycles. The summed E-state index contributed by atoms with van der Waals surface area (Å²) in [5, 5.41) is 4.89. The summed E-state index contributed by atoms with van der Waals surface area (Å²) in [4.78, 5) is 33.8. The summed E-state index contributed by atoms with van der Waals surface area (Å²) in [5.74, 6) is -0.386. The predicted octanol–water partition coefficient (Wildman–Crippen LogP) is 5.98. The minimum Gasteiger partial charge on any atom is -0.450 e. The van der Waals surface area contributed by atoms with E-state index in [9.17, 15) is 18.0 Å². The Kier molecular flexibility index (Phi) is 7.77. The first-order chi connectivity index (χ1) is 19.8. The smallest absolute Gasteiger partial charge is 0.410 e. The number of fused-ring (bicyclic) bond motifs is 2. The van der Waals surface area contributed by atoms with Gasteiger partial charge in [0.2, 0.25) is 15.9 Å². The number of nitrogens with zero attached hydrogens (tertiary/aromatic N) is 3. The van der Waals surface area contributed by atoms with Crippen LogP contribution >= 0.6 is 34.3 Å². The molecule has 13 heteroatoms. The first-order valence-corrected chi connectivity index (χ1v) is 16.7. The molecule has 0 saturated carbocycles. The highest BCUT2D eigenvalue weighted by atomic mass is 35.5. The molecule has 9 nitrogen and oxygen atoms in total. The van der Waals surface area contributed by atoms with Crippen LogP contribution in [-0.2, 0) is 32.5 Å². The van der Waals surface area contributed by atoms with Gasteiger partial charge in [-0.05, 0) is 68.1 Å². The number of benzene rings is 2. The Labute approximate surface area is 250 Å². The first-order valence-electron chi connectivity index (χ1n) is 13.3. The normalized spacial score (nSPS) is 17.5. The summed E-state index contributed by atoms with van der Waals surface area (Å²) in [5.41, 5.74) is 2.75. The molecule has 4 heterocycles. The maximum Gasteiger partial charge on any atom is 0.410 e. The van der Waals surface area contributed by atoms with Crippen LogP contribution in [0.15, 0.2) is 53.4 Å². The summed E-state index contributed by atoms with van der Waals surface area (Å²) in [6.07, 6.45) is 1.21. The molecule has 1 atom stereocenters. The lowest BCUT2D eigenvalue weighted by Crippen LogP contribution is -2.43. The molecule has 4 aromatic rings. The van der Waals surface area contributed by atoms with Gasteiger partial charge in [-0.3, -0.25) is 4.79 Å². The van der Waals surface area contributed by atoms with Crippen molar-refractivity contribution in [2.75, 3.05) is 25.0 Å². The number of aromatic nitrogens is 1. The monoisotopic (exact) mass is 630 g/mol. The molecule has 2 aromatic carbocycles. The van der Waals surface area contributed by atoms with E-state index >= 15 is 0 Å². The highest BCUT2D eigenvalue weighted by molar-refractivity contribution is 7.89. The van der Waals surface area contributed by atoms with Gasteiger partial charge in [-0.25, -0.2) is 18.2 Å². The number of thiazole rings is 1. The van der Waals surface area contributed by atoms with Gasteiger partial charge in [-0.1, -0.05) is 23.7 Å². The van der Waals surface area contributed by atoms with Crippen LogP contribution in [0.1, 0.15) is 30.2 Å². The second kappa shape index (κ2) is 11.3. The van der Waals surface area contributed by atoms with Crippen molar-refractivity contribution in [2.45, 2.75) is 43.7 Å². The van der Waals surface area contributed by atoms with E-state index < -0.39 is 16.1 Å². The molecule has 6 rings (SSSR count). The third-order valence-corrected chi connectivity index (χ3v) is 11.6. The molecule has 0 bridgehead atoms. The zero-order valence-electron chi connectivity index (χ0n) is 22.1. The molecule has 0 aliphatic carbocycles. The van der Waals surface area contributed by atoms with E-state index in [0.29, 0.717) is 49.0 Å². The number of carbonyl (C=O) groups excluding carboxylic acids is 2. The molecule has 2 aliphatic heterocycles. The van der Waals surface area contributed by atoms with Crippen LogP contribution in [-0.4, -0.2) is 60.3 Å². The van der Waals surface area contributed by atoms with Crippen molar-refractivity contribution in [3.63, 3.8) is 0 Å². The lowest BCUT2D eigenvalue weighted by atomic mass is 10.0. The highest BCUT2D eigenvalue weighted by Crippen LogP contribution is 2.46. The van der Waals surface area contributed by atoms with Gasteiger partial charge >= 0.3 is 6.09 Å². The van der Waals surface area contributed by atoms with E-state index in [2.05, 4.69) is 5.32 Å². The highest BCUT2D eigenvalue weighted by Gasteiger charge is 2.40. The third kappa shape index (κ3) is 5.35. The lowest BCUT2D eigenvalue weighted by molar-refractivity contribution is -0.119. The number of carbonyl (C=O) groups is 2. The van der Waals surface area contributed by atoms with Crippen molar-refractivity contribution in [1.82, 2.24) is 14.2 Å². The Morgan fingerprint density at radius 1 is 1.12 bits per heavy atom. The summed E-state index contributed by atoms with van der Waals surface area (Å²) in [6, 6.07) is 13.0. The number of sulfonamides is 1. The maximum atomic E-state index is 13.8. The molecular formula is C28H27ClN4O5S3. The SMILES string of the molecule is CCOC(=O)N1CCc2c(sc(NC(=O)C3CCCN3S(=O)(=O)c3ccc(Cl)cc3)c2-c2nc3ccccc3s2)C1. The molecule has 214 valence electrons. The minimum absolute atomic E-state index is 0.0995. The zero-order valence-corrected chi connectivity index (χ0v) is 25.3. The van der Waals surface area contributed by atoms with E-state index in [4.69, 9.17) is 21.3 Å². The van der Waals surface area contributed by atoms with Crippen LogP contribution < -0.4 is 5.32 Å². The number of rotatable bonds is 6. The van der Waals surface area contributed by atoms with Crippen LogP contribution in [0.4, 0.5) is 9.80 Å². The van der Waals surface area contributed by atoms with Crippen molar-refractivity contribution in [2.24, 2.45) is 0 Å². The van der Waals surface area contributed by atoms with Crippen molar-refractivity contribution in [3.05, 3.63) is 64.0 Å². The molecular weight excluding hydrogens is 604 g/mol. The van der Waals surface area contributed by atoms with Gasteiger partial charge in [0, 0.05) is 28.6 Å². The molecule has 2 amide bonds. The van der Waals surface area contributed by atoms with E-state index in [1.54, 1.807) is 23.2 Å². The lowest BCUT2D eigenvalue weighted by Gasteiger charge is -2.26. The fraction of sp³-hybridized carbons (Fsp3) is 0.321. The van der Waals surface area contributed by atoms with E-state index in [-0.39, 0.29) is 23.4 Å². The van der Waals surface area contributed by atoms with Crippen molar-refractivity contribution >= 4 is 71.5 Å². The van der Waals surface area contributed by atoms with Crippen LogP contribution in [0.5, 0.6) is 0 Å². The number of amides is 2. The Bertz CT molecular complexity index is 1700. The number of hydrogen-bond donors (Lipinski definition) is 1. The van der Waals surface area contributed by atoms with Crippen molar-refractivity contribution in [1.29, 1.82) is 0 Å². The Morgan fingerprint density at radius 3 is 2.66 bits per heavy atom. The van der Waals surface area contributed by atoms with Gasteiger partial charge in [-0.2, -0.15) is 4.31 Å². The summed E-state index contributed by atoms with van der Waals surface area (Å²) < 4.78 is 34.4. The van der Waals surface area contributed by atoms with Gasteiger partial charge < -0.3 is 15.0 Å². The largest absolute Gasteiger partial charge is 0.450 e. The van der Waals surface area contributed by atoms with Crippen LogP contribution in [0, 0.1) is 0 Å². The molecule has 1 fully saturated rings. The molecule has 0 radical (unpaired) electrons. The molecule has 1 saturated heterocycles. The van der Waals surface area contributed by atoms with E-state index in [1.165, 1.54) is 39.9 Å². The van der Waals surface area contributed by atoms with Crippen LogP contribution in [0.25, 0.3) is 20.8 Å². The molecule has 41 heavy (non-hydrogen) atoms. The van der Waals surface area contributed by atoms with Crippen molar-refractivity contribution in [3.8, 4) is 10.6 Å². The van der Waals surface area contributed by atoms with Gasteiger partial charge in [0.25, 0.3) is 0 Å². The number of para-hydroxylation sites is 1. The molecule has 2 aliphatic rings. The van der Waals surface area contributed by atoms with E-state index in [1.807, 2.05) is 24.3 Å². The second-order valence-electron chi connectivity index (χ2n) is 9.78. The number of anilines is 1. The Hall–Kier alpha value is -3.03. The number of hydrogen-bond acceptors (Lipinski definition) is 8. The first kappa shape index (κ1) is 28.1. The van der Waals surface area contributed by atoms with E-state index in [0.717, 1.165) is 31.2 Å². The molecule has 1 unspecified atom stereocenters. The molecule has 0 spiro atoms. The summed E-state index contributed by atoms with van der Waals surface area (Å²) >= 11 is 8.91. The van der Waals surface area contributed by atoms with Gasteiger partial charge in [0.1, 0.15) is 16.1 Å². The summed E-state index contributed by atoms with van der Waals surface area (Å²) in [6.45, 7) is 3.18. The standard InChI is InChI=1S/C28H27ClN4O5S3/c1-2-38-28(35)32-15-13-19-23(16-32)40-27(24(19)26-30-20-6-3-4-8-22(20)39-26)31-25(34)21-7-5-14-33(21)41(36,37)18-11-9-17(29)10-12-18/h3-4,6,8-12,21H,2,5,7,13-16H2,1H3,(H,31,34). The average molecular weight is 631 g/mol. The van der Waals surface area contributed by atoms with Gasteiger partial charge in [0.15, 0.2) is 0 Å². The van der Waals surface area contributed by atoms with Crippen LogP contribution in [0.3, 0.4) is 0 Å². The minimum atomic E-state index is -3.90. The number of halogens is 1. The Balaban J connectivity index is 1.34. The third-order valence-electron chi connectivity index (χ3n) is 7.25. The predicted molar refractivity (Wildman–Crippen MR) is 161 cm³/mol. The van der Waals surface area contributed by atoms with Gasteiger partial charge in [0.05, 0.1) is 28.3 Å². The molecule has 1 N–H and O–H groups in total. The maximum absolute atomic E-state index is 13.8.